The fourth-order valence-electron chi connectivity index (χ4n) is 1.34. The first-order valence-electron chi connectivity index (χ1n) is 5.75. The smallest absolute Gasteiger partial charge is 0.266 e. The highest BCUT2D eigenvalue weighted by Gasteiger charge is 2.30. The van der Waals surface area contributed by atoms with Crippen LogP contribution in [0.5, 0.6) is 0 Å². The van der Waals surface area contributed by atoms with Crippen molar-refractivity contribution >= 4 is 11.4 Å². The predicted octanol–water partition coefficient (Wildman–Crippen LogP) is 3.27. The Hall–Kier alpha value is -0.790. The van der Waals surface area contributed by atoms with Crippen molar-refractivity contribution in [1.82, 2.24) is 9.71 Å². The second-order valence-electron chi connectivity index (χ2n) is 5.12. The zero-order valence-electron chi connectivity index (χ0n) is 11.2. The quantitative estimate of drug-likeness (QED) is 0.867. The van der Waals surface area contributed by atoms with E-state index in [2.05, 4.69) is 9.71 Å². The Kier molecular flexibility index (Phi) is 5.23. The molecule has 0 aliphatic rings. The lowest BCUT2D eigenvalue weighted by atomic mass is 10.1. The molecule has 0 radical (unpaired) electrons. The highest BCUT2D eigenvalue weighted by molar-refractivity contribution is 7.90. The second-order valence-corrected chi connectivity index (χ2v) is 7.12. The van der Waals surface area contributed by atoms with Crippen LogP contribution in [-0.4, -0.2) is 14.3 Å². The topological polar surface area (TPSA) is 48.0 Å². The number of rotatable bonds is 4. The fourth-order valence-corrected chi connectivity index (χ4v) is 2.13. The lowest BCUT2D eigenvalue weighted by molar-refractivity contribution is 0.145. The zero-order chi connectivity index (χ0) is 14.8. The van der Waals surface area contributed by atoms with E-state index in [0.717, 1.165) is 12.3 Å². The molecular formula is C12H17F3N2OS. The Morgan fingerprint density at radius 2 is 1.95 bits per heavy atom. The Labute approximate surface area is 113 Å². The Morgan fingerprint density at radius 1 is 1.37 bits per heavy atom. The molecule has 2 atom stereocenters. The van der Waals surface area contributed by atoms with Gasteiger partial charge in [0.1, 0.15) is 4.75 Å². The van der Waals surface area contributed by atoms with Gasteiger partial charge in [0.15, 0.2) is 5.82 Å². The molecule has 1 aromatic rings. The van der Waals surface area contributed by atoms with Crippen molar-refractivity contribution in [2.24, 2.45) is 0 Å². The molecule has 0 spiro atoms. The third-order valence-corrected chi connectivity index (χ3v) is 4.11. The monoisotopic (exact) mass is 294 g/mol. The molecule has 108 valence electrons. The van der Waals surface area contributed by atoms with Crippen molar-refractivity contribution < 1.29 is 17.7 Å². The number of nitrogens with zero attached hydrogens (tertiary/aromatic N) is 1. The first-order valence-corrected chi connectivity index (χ1v) is 6.90. The molecule has 0 aromatic carbocycles. The molecule has 0 bridgehead atoms. The van der Waals surface area contributed by atoms with Gasteiger partial charge < -0.3 is 4.55 Å². The minimum Gasteiger partial charge on any atom is -0.598 e. The van der Waals surface area contributed by atoms with Gasteiger partial charge in [-0.2, -0.15) is 0 Å². The first kappa shape index (κ1) is 16.3. The number of hydrogen-bond acceptors (Lipinski definition) is 3. The van der Waals surface area contributed by atoms with Crippen LogP contribution in [-0.2, 0) is 11.4 Å². The summed E-state index contributed by atoms with van der Waals surface area (Å²) in [6.45, 7) is 6.79. The summed E-state index contributed by atoms with van der Waals surface area (Å²) < 4.78 is 53.0. The largest absolute Gasteiger partial charge is 0.598 e. The molecule has 1 heterocycles. The van der Waals surface area contributed by atoms with Crippen molar-refractivity contribution in [3.63, 3.8) is 0 Å². The number of pyridine rings is 1. The van der Waals surface area contributed by atoms with Crippen LogP contribution in [0.25, 0.3) is 0 Å². The van der Waals surface area contributed by atoms with Crippen LogP contribution in [0.4, 0.5) is 13.2 Å². The Morgan fingerprint density at radius 3 is 2.42 bits per heavy atom. The van der Waals surface area contributed by atoms with E-state index in [9.17, 15) is 17.7 Å². The summed E-state index contributed by atoms with van der Waals surface area (Å²) in [4.78, 5) is 3.75. The maximum absolute atomic E-state index is 13.8. The van der Waals surface area contributed by atoms with Crippen molar-refractivity contribution in [2.75, 3.05) is 0 Å². The highest BCUT2D eigenvalue weighted by atomic mass is 32.2. The average molecular weight is 294 g/mol. The Balaban J connectivity index is 2.95. The van der Waals surface area contributed by atoms with Gasteiger partial charge in [-0.05, 0) is 33.8 Å². The third kappa shape index (κ3) is 4.09. The van der Waals surface area contributed by atoms with Gasteiger partial charge in [0.05, 0.1) is 17.3 Å². The molecule has 0 amide bonds. The summed E-state index contributed by atoms with van der Waals surface area (Å²) in [5.41, 5.74) is -0.851. The summed E-state index contributed by atoms with van der Waals surface area (Å²) in [6.07, 6.45) is -1.78. The maximum atomic E-state index is 13.8. The van der Waals surface area contributed by atoms with Crippen LogP contribution in [0.15, 0.2) is 12.3 Å². The number of alkyl halides is 2. The van der Waals surface area contributed by atoms with E-state index in [-0.39, 0.29) is 5.69 Å². The van der Waals surface area contributed by atoms with E-state index < -0.39 is 40.0 Å². The first-order chi connectivity index (χ1) is 8.64. The van der Waals surface area contributed by atoms with Gasteiger partial charge >= 0.3 is 0 Å². The van der Waals surface area contributed by atoms with Crippen LogP contribution in [0.2, 0.25) is 0 Å². The normalized spacial score (nSPS) is 15.6. The molecule has 0 saturated carbocycles. The molecule has 1 rings (SSSR count). The molecule has 3 nitrogen and oxygen atoms in total. The van der Waals surface area contributed by atoms with E-state index in [1.807, 2.05) is 0 Å². The van der Waals surface area contributed by atoms with Crippen molar-refractivity contribution in [3.05, 3.63) is 29.3 Å². The fraction of sp³-hybridized carbons (Fsp3) is 0.583. The van der Waals surface area contributed by atoms with Gasteiger partial charge in [0.2, 0.25) is 0 Å². The van der Waals surface area contributed by atoms with Gasteiger partial charge in [-0.3, -0.25) is 4.98 Å². The molecule has 0 aliphatic heterocycles. The average Bonchev–Trinajstić information content (AvgIpc) is 2.27. The zero-order valence-corrected chi connectivity index (χ0v) is 12.0. The van der Waals surface area contributed by atoms with E-state index in [4.69, 9.17) is 0 Å². The summed E-state index contributed by atoms with van der Waals surface area (Å²) in [6, 6.07) is 0.218. The summed E-state index contributed by atoms with van der Waals surface area (Å²) >= 11 is -1.44. The predicted molar refractivity (Wildman–Crippen MR) is 68.6 cm³/mol. The molecule has 1 unspecified atom stereocenters. The van der Waals surface area contributed by atoms with E-state index in [1.165, 1.54) is 6.92 Å². The van der Waals surface area contributed by atoms with Gasteiger partial charge in [0, 0.05) is 17.6 Å². The van der Waals surface area contributed by atoms with Gasteiger partial charge in [0.25, 0.3) is 6.43 Å². The third-order valence-electron chi connectivity index (χ3n) is 2.43. The van der Waals surface area contributed by atoms with Crippen molar-refractivity contribution in [1.29, 1.82) is 0 Å². The minimum atomic E-state index is -2.90. The molecule has 19 heavy (non-hydrogen) atoms. The molecule has 0 fully saturated rings. The van der Waals surface area contributed by atoms with Gasteiger partial charge in [-0.1, -0.05) is 0 Å². The van der Waals surface area contributed by atoms with Crippen LogP contribution in [0.1, 0.15) is 51.4 Å². The SMILES string of the molecule is C[C@@H](N[S+]([O-])C(C)(C)C)c1nccc(C(F)F)c1F. The lowest BCUT2D eigenvalue weighted by Gasteiger charge is -2.26. The second kappa shape index (κ2) is 6.11. The number of hydrogen-bond donors (Lipinski definition) is 1. The van der Waals surface area contributed by atoms with Gasteiger partial charge in [-0.15, -0.1) is 4.72 Å². The standard InChI is InChI=1S/C12H17F3N2OS/c1-7(17-19(18)12(2,3)4)10-9(13)8(11(14)15)5-6-16-10/h5-7,11,17H,1-4H3/t7-,19?/m1/s1. The van der Waals surface area contributed by atoms with E-state index in [0.29, 0.717) is 0 Å². The summed E-state index contributed by atoms with van der Waals surface area (Å²) in [5.74, 6) is -1.05. The molecule has 0 aliphatic carbocycles. The molecule has 1 aromatic heterocycles. The van der Waals surface area contributed by atoms with Crippen LogP contribution < -0.4 is 4.72 Å². The van der Waals surface area contributed by atoms with E-state index in [1.54, 1.807) is 20.8 Å². The number of nitrogens with one attached hydrogen (secondary N) is 1. The molecule has 7 heteroatoms. The number of halogens is 3. The Bertz CT molecular complexity index is 437. The van der Waals surface area contributed by atoms with Crippen LogP contribution in [0, 0.1) is 5.82 Å². The van der Waals surface area contributed by atoms with Crippen LogP contribution >= 0.6 is 0 Å². The van der Waals surface area contributed by atoms with Crippen LogP contribution in [0.3, 0.4) is 0 Å². The molecule has 1 N–H and O–H groups in total. The van der Waals surface area contributed by atoms with E-state index >= 15 is 0 Å². The van der Waals surface area contributed by atoms with Crippen molar-refractivity contribution in [3.8, 4) is 0 Å². The maximum Gasteiger partial charge on any atom is 0.266 e. The van der Waals surface area contributed by atoms with Gasteiger partial charge in [-0.25, -0.2) is 13.2 Å². The lowest BCUT2D eigenvalue weighted by Crippen LogP contribution is -2.41. The minimum absolute atomic E-state index is 0.157. The highest BCUT2D eigenvalue weighted by Crippen LogP contribution is 2.26. The molecular weight excluding hydrogens is 277 g/mol. The summed E-state index contributed by atoms with van der Waals surface area (Å²) in [5, 5.41) is 0. The molecule has 0 saturated heterocycles. The number of aromatic nitrogens is 1. The van der Waals surface area contributed by atoms with Crippen molar-refractivity contribution in [2.45, 2.75) is 44.9 Å². The summed E-state index contributed by atoms with van der Waals surface area (Å²) in [7, 11) is 0.